The van der Waals surface area contributed by atoms with Gasteiger partial charge in [0.15, 0.2) is 18.1 Å². The number of rotatable bonds is 6. The van der Waals surface area contributed by atoms with Crippen molar-refractivity contribution >= 4 is 51.9 Å². The van der Waals surface area contributed by atoms with E-state index in [0.717, 1.165) is 11.1 Å². The lowest BCUT2D eigenvalue weighted by Gasteiger charge is -2.12. The lowest BCUT2D eigenvalue weighted by molar-refractivity contribution is -0.118. The number of aryl methyl sites for hydroxylation is 1. The molecule has 2 amide bonds. The molecule has 0 bridgehead atoms. The van der Waals surface area contributed by atoms with E-state index in [2.05, 4.69) is 10.6 Å². The molecule has 0 atom stereocenters. The number of hydrogen-bond acceptors (Lipinski definition) is 6. The van der Waals surface area contributed by atoms with Gasteiger partial charge in [-0.2, -0.15) is 0 Å². The highest BCUT2D eigenvalue weighted by Crippen LogP contribution is 2.31. The van der Waals surface area contributed by atoms with E-state index in [0.29, 0.717) is 26.4 Å². The minimum atomic E-state index is -0.273. The fourth-order valence-electron chi connectivity index (χ4n) is 2.44. The summed E-state index contributed by atoms with van der Waals surface area (Å²) < 4.78 is 11.4. The summed E-state index contributed by atoms with van der Waals surface area (Å²) in [6.07, 6.45) is 1.72. The van der Waals surface area contributed by atoms with Crippen LogP contribution < -0.4 is 20.1 Å². The van der Waals surface area contributed by atoms with Crippen LogP contribution >= 0.6 is 24.0 Å². The summed E-state index contributed by atoms with van der Waals surface area (Å²) in [5.41, 5.74) is 2.58. The zero-order valence-electron chi connectivity index (χ0n) is 15.3. The number of carbonyl (C=O) groups excluding carboxylic acids is 2. The highest BCUT2D eigenvalue weighted by Gasteiger charge is 2.22. The maximum absolute atomic E-state index is 12.1. The summed E-state index contributed by atoms with van der Waals surface area (Å²) in [5.74, 6) is 0.401. The van der Waals surface area contributed by atoms with Gasteiger partial charge in [-0.15, -0.1) is 0 Å². The number of nitrogens with one attached hydrogen (secondary N) is 2. The number of thioether (sulfide) groups is 1. The predicted octanol–water partition coefficient (Wildman–Crippen LogP) is 3.51. The lowest BCUT2D eigenvalue weighted by Crippen LogP contribution is -2.20. The molecule has 1 aliphatic heterocycles. The smallest absolute Gasteiger partial charge is 0.263 e. The van der Waals surface area contributed by atoms with Crippen LogP contribution in [0.3, 0.4) is 0 Å². The second kappa shape index (κ2) is 8.90. The van der Waals surface area contributed by atoms with Crippen LogP contribution in [0.15, 0.2) is 47.4 Å². The molecule has 8 heteroatoms. The van der Waals surface area contributed by atoms with Crippen LogP contribution in [0.1, 0.15) is 11.1 Å². The fraction of sp³-hybridized carbons (Fsp3) is 0.150. The van der Waals surface area contributed by atoms with Crippen molar-refractivity contribution in [3.8, 4) is 11.5 Å². The third-order valence-corrected chi connectivity index (χ3v) is 4.98. The van der Waals surface area contributed by atoms with Gasteiger partial charge >= 0.3 is 0 Å². The van der Waals surface area contributed by atoms with Crippen molar-refractivity contribution in [3.63, 3.8) is 0 Å². The summed E-state index contributed by atoms with van der Waals surface area (Å²) in [5, 5.41) is 5.34. The first kappa shape index (κ1) is 19.9. The zero-order valence-corrected chi connectivity index (χ0v) is 16.9. The minimum Gasteiger partial charge on any atom is -0.493 e. The number of anilines is 1. The van der Waals surface area contributed by atoms with Gasteiger partial charge in [-0.05, 0) is 42.8 Å². The third kappa shape index (κ3) is 5.11. The van der Waals surface area contributed by atoms with E-state index in [9.17, 15) is 9.59 Å². The van der Waals surface area contributed by atoms with E-state index >= 15 is 0 Å². The fourth-order valence-corrected chi connectivity index (χ4v) is 3.49. The van der Waals surface area contributed by atoms with E-state index in [1.54, 1.807) is 24.3 Å². The van der Waals surface area contributed by atoms with E-state index in [1.165, 1.54) is 18.9 Å². The molecular formula is C20H18N2O4S2. The molecule has 28 heavy (non-hydrogen) atoms. The molecule has 1 fully saturated rings. The Morgan fingerprint density at radius 1 is 1.21 bits per heavy atom. The van der Waals surface area contributed by atoms with Gasteiger partial charge in [-0.3, -0.25) is 9.59 Å². The van der Waals surface area contributed by atoms with Crippen molar-refractivity contribution < 1.29 is 19.1 Å². The molecule has 144 valence electrons. The molecule has 2 aromatic carbocycles. The Balaban J connectivity index is 1.64. The molecule has 0 spiro atoms. The van der Waals surface area contributed by atoms with E-state index in [1.807, 2.05) is 31.2 Å². The summed E-state index contributed by atoms with van der Waals surface area (Å²) in [6.45, 7) is 1.82. The van der Waals surface area contributed by atoms with Crippen LogP contribution in [0, 0.1) is 6.92 Å². The molecule has 0 saturated carbocycles. The molecule has 0 aromatic heterocycles. The number of amides is 2. The Bertz CT molecular complexity index is 955. The van der Waals surface area contributed by atoms with Crippen molar-refractivity contribution in [2.45, 2.75) is 6.92 Å². The quantitative estimate of drug-likeness (QED) is 0.557. The van der Waals surface area contributed by atoms with Crippen molar-refractivity contribution in [1.29, 1.82) is 0 Å². The van der Waals surface area contributed by atoms with Gasteiger partial charge < -0.3 is 20.1 Å². The topological polar surface area (TPSA) is 76.7 Å². The predicted molar refractivity (Wildman–Crippen MR) is 115 cm³/mol. The number of ether oxygens (including phenoxy) is 2. The van der Waals surface area contributed by atoms with E-state index in [4.69, 9.17) is 21.7 Å². The molecule has 1 heterocycles. The number of benzene rings is 2. The van der Waals surface area contributed by atoms with Gasteiger partial charge in [0.05, 0.1) is 12.0 Å². The Kier molecular flexibility index (Phi) is 6.33. The monoisotopic (exact) mass is 414 g/mol. The van der Waals surface area contributed by atoms with E-state index in [-0.39, 0.29) is 18.4 Å². The van der Waals surface area contributed by atoms with Crippen LogP contribution in [0.4, 0.5) is 5.69 Å². The van der Waals surface area contributed by atoms with Gasteiger partial charge in [0, 0.05) is 5.69 Å². The van der Waals surface area contributed by atoms with Crippen molar-refractivity contribution in [3.05, 3.63) is 58.5 Å². The van der Waals surface area contributed by atoms with Gasteiger partial charge in [0.2, 0.25) is 0 Å². The molecule has 2 N–H and O–H groups in total. The molecular weight excluding hydrogens is 396 g/mol. The Morgan fingerprint density at radius 3 is 2.61 bits per heavy atom. The van der Waals surface area contributed by atoms with Gasteiger partial charge in [0.25, 0.3) is 11.8 Å². The first-order chi connectivity index (χ1) is 13.4. The van der Waals surface area contributed by atoms with Gasteiger partial charge in [-0.25, -0.2) is 0 Å². The zero-order chi connectivity index (χ0) is 20.1. The summed E-state index contributed by atoms with van der Waals surface area (Å²) in [7, 11) is 1.51. The average Bonchev–Trinajstić information content (AvgIpc) is 2.99. The lowest BCUT2D eigenvalue weighted by atomic mass is 10.2. The SMILES string of the molecule is COc1cc(/C=C2/SC(=S)NC2=O)ccc1OCC(=O)Nc1ccc(C)cc1. The number of hydrogen-bond donors (Lipinski definition) is 2. The Morgan fingerprint density at radius 2 is 1.96 bits per heavy atom. The number of methoxy groups -OCH3 is 1. The van der Waals surface area contributed by atoms with E-state index < -0.39 is 0 Å². The second-order valence-corrected chi connectivity index (χ2v) is 7.68. The average molecular weight is 415 g/mol. The van der Waals surface area contributed by atoms with Crippen LogP contribution in [0.2, 0.25) is 0 Å². The first-order valence-electron chi connectivity index (χ1n) is 8.37. The van der Waals surface area contributed by atoms with Crippen molar-refractivity contribution in [2.75, 3.05) is 19.0 Å². The molecule has 3 rings (SSSR count). The summed E-state index contributed by atoms with van der Waals surface area (Å²) in [6, 6.07) is 12.7. The van der Waals surface area contributed by atoms with Crippen LogP contribution in [0.25, 0.3) is 6.08 Å². The highest BCUT2D eigenvalue weighted by atomic mass is 32.2. The maximum atomic E-state index is 12.1. The third-order valence-electron chi connectivity index (χ3n) is 3.82. The number of thiocarbonyl (C=S) groups is 1. The van der Waals surface area contributed by atoms with Gasteiger partial charge in [0.1, 0.15) is 4.32 Å². The summed E-state index contributed by atoms with van der Waals surface area (Å²) >= 11 is 6.19. The van der Waals surface area contributed by atoms with Crippen LogP contribution in [0.5, 0.6) is 11.5 Å². The summed E-state index contributed by atoms with van der Waals surface area (Å²) in [4.78, 5) is 24.4. The van der Waals surface area contributed by atoms with Crippen LogP contribution in [-0.2, 0) is 9.59 Å². The molecule has 1 saturated heterocycles. The minimum absolute atomic E-state index is 0.156. The molecule has 0 aliphatic carbocycles. The molecule has 0 unspecified atom stereocenters. The Labute approximate surface area is 172 Å². The van der Waals surface area contributed by atoms with Gasteiger partial charge in [-0.1, -0.05) is 47.7 Å². The number of carbonyl (C=O) groups is 2. The molecule has 2 aromatic rings. The molecule has 1 aliphatic rings. The first-order valence-corrected chi connectivity index (χ1v) is 9.59. The largest absolute Gasteiger partial charge is 0.493 e. The normalized spacial score (nSPS) is 14.7. The standard InChI is InChI=1S/C20H18N2O4S2/c1-12-3-6-14(7-4-12)21-18(23)11-26-15-8-5-13(9-16(15)25-2)10-17-19(24)22-20(27)28-17/h3-10H,11H2,1-2H3,(H,21,23)(H,22,24,27)/b17-10+. The second-order valence-electron chi connectivity index (χ2n) is 5.97. The Hall–Kier alpha value is -2.84. The molecule has 6 nitrogen and oxygen atoms in total. The van der Waals surface area contributed by atoms with Crippen LogP contribution in [-0.4, -0.2) is 29.9 Å². The molecule has 0 radical (unpaired) electrons. The maximum Gasteiger partial charge on any atom is 0.263 e. The highest BCUT2D eigenvalue weighted by molar-refractivity contribution is 8.26. The van der Waals surface area contributed by atoms with Crippen molar-refractivity contribution in [1.82, 2.24) is 5.32 Å². The van der Waals surface area contributed by atoms with Crippen molar-refractivity contribution in [2.24, 2.45) is 0 Å².